The number of nitrogens with one attached hydrogen (secondary N) is 2. The standard InChI is InChI=1S/C27H23F4N5O4S/c1-39-19-10-16(11-20(13-19)40-2)25(38)32-14-23-34-35-26(36(23)18-7-5-6-17(12-18)27(29,30)31)41-15-24(37)33-22-9-4-3-8-21(22)28/h3-13H,14-15H2,1-2H3,(H,32,38)(H,33,37). The molecule has 0 saturated carbocycles. The normalized spacial score (nSPS) is 11.2. The summed E-state index contributed by atoms with van der Waals surface area (Å²) < 4.78 is 66.0. The zero-order valence-corrected chi connectivity index (χ0v) is 22.5. The molecule has 0 saturated heterocycles. The van der Waals surface area contributed by atoms with Gasteiger partial charge in [0.25, 0.3) is 5.91 Å². The Hall–Kier alpha value is -4.59. The molecular formula is C27H23F4N5O4S. The molecule has 41 heavy (non-hydrogen) atoms. The number of hydrogen-bond acceptors (Lipinski definition) is 7. The Labute approximate surface area is 235 Å². The van der Waals surface area contributed by atoms with Crippen LogP contribution >= 0.6 is 11.8 Å². The first kappa shape index (κ1) is 29.4. The van der Waals surface area contributed by atoms with E-state index in [1.807, 2.05) is 0 Å². The summed E-state index contributed by atoms with van der Waals surface area (Å²) in [6, 6.07) is 14.6. The number of alkyl halides is 3. The summed E-state index contributed by atoms with van der Waals surface area (Å²) >= 11 is 0.878. The number of carbonyl (C=O) groups is 2. The van der Waals surface area contributed by atoms with Crippen LogP contribution in [0.15, 0.2) is 71.9 Å². The van der Waals surface area contributed by atoms with Crippen LogP contribution in [0.5, 0.6) is 11.5 Å². The van der Waals surface area contributed by atoms with Gasteiger partial charge in [0.1, 0.15) is 17.3 Å². The topological polar surface area (TPSA) is 107 Å². The lowest BCUT2D eigenvalue weighted by Gasteiger charge is -2.14. The summed E-state index contributed by atoms with van der Waals surface area (Å²) in [5, 5.41) is 13.3. The third-order valence-corrected chi connectivity index (χ3v) is 6.56. The molecule has 0 spiro atoms. The van der Waals surface area contributed by atoms with Gasteiger partial charge in [-0.15, -0.1) is 10.2 Å². The number of halogens is 4. The summed E-state index contributed by atoms with van der Waals surface area (Å²) in [6.07, 6.45) is -4.61. The molecule has 0 atom stereocenters. The fourth-order valence-electron chi connectivity index (χ4n) is 3.67. The van der Waals surface area contributed by atoms with E-state index in [9.17, 15) is 27.2 Å². The number of aromatic nitrogens is 3. The van der Waals surface area contributed by atoms with Crippen molar-refractivity contribution in [2.75, 3.05) is 25.3 Å². The van der Waals surface area contributed by atoms with Crippen LogP contribution in [0.2, 0.25) is 0 Å². The van der Waals surface area contributed by atoms with Gasteiger partial charge in [0.2, 0.25) is 5.91 Å². The molecule has 0 aliphatic carbocycles. The molecule has 14 heteroatoms. The van der Waals surface area contributed by atoms with Crippen LogP contribution in [0, 0.1) is 5.82 Å². The molecule has 0 aliphatic heterocycles. The first-order chi connectivity index (χ1) is 19.6. The lowest BCUT2D eigenvalue weighted by molar-refractivity contribution is -0.137. The molecule has 2 N–H and O–H groups in total. The molecule has 1 aromatic heterocycles. The van der Waals surface area contributed by atoms with E-state index >= 15 is 0 Å². The van der Waals surface area contributed by atoms with E-state index in [-0.39, 0.29) is 40.2 Å². The Morgan fingerprint density at radius 3 is 2.32 bits per heavy atom. The molecule has 3 aromatic carbocycles. The summed E-state index contributed by atoms with van der Waals surface area (Å²) in [4.78, 5) is 25.4. The molecule has 214 valence electrons. The molecule has 4 aromatic rings. The first-order valence-corrected chi connectivity index (χ1v) is 12.9. The number of hydrogen-bond donors (Lipinski definition) is 2. The fraction of sp³-hybridized carbons (Fsp3) is 0.185. The predicted molar refractivity (Wildman–Crippen MR) is 143 cm³/mol. The highest BCUT2D eigenvalue weighted by Crippen LogP contribution is 2.32. The molecule has 2 amide bonds. The van der Waals surface area contributed by atoms with Crippen LogP contribution in [0.4, 0.5) is 23.2 Å². The molecule has 4 rings (SSSR count). The quantitative estimate of drug-likeness (QED) is 0.196. The van der Waals surface area contributed by atoms with Crippen LogP contribution in [-0.4, -0.2) is 46.6 Å². The molecule has 0 radical (unpaired) electrons. The van der Waals surface area contributed by atoms with Crippen LogP contribution in [0.1, 0.15) is 21.7 Å². The van der Waals surface area contributed by atoms with E-state index in [0.717, 1.165) is 23.9 Å². The number of para-hydroxylation sites is 1. The van der Waals surface area contributed by atoms with Crippen molar-refractivity contribution in [1.29, 1.82) is 0 Å². The van der Waals surface area contributed by atoms with E-state index in [0.29, 0.717) is 11.5 Å². The average molecular weight is 590 g/mol. The van der Waals surface area contributed by atoms with Crippen LogP contribution in [0.3, 0.4) is 0 Å². The van der Waals surface area contributed by atoms with Crippen molar-refractivity contribution in [3.05, 3.63) is 89.5 Å². The van der Waals surface area contributed by atoms with E-state index in [1.54, 1.807) is 12.1 Å². The van der Waals surface area contributed by atoms with Gasteiger partial charge in [0.15, 0.2) is 11.0 Å². The van der Waals surface area contributed by atoms with Crippen LogP contribution in [-0.2, 0) is 17.5 Å². The van der Waals surface area contributed by atoms with Crippen molar-refractivity contribution in [1.82, 2.24) is 20.1 Å². The lowest BCUT2D eigenvalue weighted by atomic mass is 10.2. The fourth-order valence-corrected chi connectivity index (χ4v) is 4.44. The Morgan fingerprint density at radius 1 is 0.951 bits per heavy atom. The number of methoxy groups -OCH3 is 2. The van der Waals surface area contributed by atoms with Gasteiger partial charge in [0.05, 0.1) is 43.5 Å². The zero-order valence-electron chi connectivity index (χ0n) is 21.7. The van der Waals surface area contributed by atoms with E-state index in [1.165, 1.54) is 61.3 Å². The summed E-state index contributed by atoms with van der Waals surface area (Å²) in [5.41, 5.74) is -0.648. The third-order valence-electron chi connectivity index (χ3n) is 5.63. The first-order valence-electron chi connectivity index (χ1n) is 11.9. The number of anilines is 1. The molecular weight excluding hydrogens is 566 g/mol. The monoisotopic (exact) mass is 589 g/mol. The number of rotatable bonds is 10. The lowest BCUT2D eigenvalue weighted by Crippen LogP contribution is -2.25. The van der Waals surface area contributed by atoms with E-state index < -0.39 is 29.4 Å². The van der Waals surface area contributed by atoms with Gasteiger partial charge in [0, 0.05) is 11.6 Å². The van der Waals surface area contributed by atoms with Gasteiger partial charge < -0.3 is 20.1 Å². The Kier molecular flexibility index (Phi) is 9.12. The molecule has 0 bridgehead atoms. The minimum absolute atomic E-state index is 0.0185. The number of amides is 2. The van der Waals surface area contributed by atoms with Gasteiger partial charge in [-0.2, -0.15) is 13.2 Å². The second-order valence-corrected chi connectivity index (χ2v) is 9.33. The Balaban J connectivity index is 1.59. The number of thioether (sulfide) groups is 1. The van der Waals surface area contributed by atoms with Crippen LogP contribution < -0.4 is 20.1 Å². The zero-order chi connectivity index (χ0) is 29.6. The molecule has 0 aliphatic rings. The number of nitrogens with zero attached hydrogens (tertiary/aromatic N) is 3. The van der Waals surface area contributed by atoms with Crippen molar-refractivity contribution >= 4 is 29.3 Å². The minimum atomic E-state index is -4.61. The molecule has 0 unspecified atom stereocenters. The van der Waals surface area contributed by atoms with Crippen molar-refractivity contribution < 1.29 is 36.6 Å². The third kappa shape index (κ3) is 7.33. The van der Waals surface area contributed by atoms with Crippen molar-refractivity contribution in [3.8, 4) is 17.2 Å². The Bertz CT molecular complexity index is 1540. The summed E-state index contributed by atoms with van der Waals surface area (Å²) in [7, 11) is 2.87. The molecule has 0 fully saturated rings. The van der Waals surface area contributed by atoms with Crippen molar-refractivity contribution in [2.24, 2.45) is 0 Å². The molecule has 9 nitrogen and oxygen atoms in total. The van der Waals surface area contributed by atoms with E-state index in [4.69, 9.17) is 9.47 Å². The van der Waals surface area contributed by atoms with Gasteiger partial charge in [-0.05, 0) is 42.5 Å². The van der Waals surface area contributed by atoms with Crippen molar-refractivity contribution in [2.45, 2.75) is 17.9 Å². The highest BCUT2D eigenvalue weighted by molar-refractivity contribution is 7.99. The number of ether oxygens (including phenoxy) is 2. The molecule has 1 heterocycles. The van der Waals surface area contributed by atoms with Crippen molar-refractivity contribution in [3.63, 3.8) is 0 Å². The maximum absolute atomic E-state index is 13.9. The highest BCUT2D eigenvalue weighted by Gasteiger charge is 2.31. The van der Waals surface area contributed by atoms with Gasteiger partial charge in [-0.1, -0.05) is 30.0 Å². The maximum Gasteiger partial charge on any atom is 0.416 e. The predicted octanol–water partition coefficient (Wildman–Crippen LogP) is 5.10. The number of benzene rings is 3. The minimum Gasteiger partial charge on any atom is -0.497 e. The summed E-state index contributed by atoms with van der Waals surface area (Å²) in [5.74, 6) is -1.10. The second kappa shape index (κ2) is 12.7. The van der Waals surface area contributed by atoms with Gasteiger partial charge in [-0.25, -0.2) is 4.39 Å². The highest BCUT2D eigenvalue weighted by atomic mass is 32.2. The summed E-state index contributed by atoms with van der Waals surface area (Å²) in [6.45, 7) is -0.219. The Morgan fingerprint density at radius 2 is 1.66 bits per heavy atom. The largest absolute Gasteiger partial charge is 0.497 e. The number of carbonyl (C=O) groups excluding carboxylic acids is 2. The average Bonchev–Trinajstić information content (AvgIpc) is 3.38. The maximum atomic E-state index is 13.9. The van der Waals surface area contributed by atoms with Gasteiger partial charge in [-0.3, -0.25) is 14.2 Å². The second-order valence-electron chi connectivity index (χ2n) is 8.38. The van der Waals surface area contributed by atoms with E-state index in [2.05, 4.69) is 20.8 Å². The van der Waals surface area contributed by atoms with Crippen LogP contribution in [0.25, 0.3) is 5.69 Å². The SMILES string of the molecule is COc1cc(OC)cc(C(=O)NCc2nnc(SCC(=O)Nc3ccccc3F)n2-c2cccc(C(F)(F)F)c2)c1. The van der Waals surface area contributed by atoms with Gasteiger partial charge >= 0.3 is 6.18 Å². The smallest absolute Gasteiger partial charge is 0.416 e.